The van der Waals surface area contributed by atoms with Gasteiger partial charge in [0.25, 0.3) is 0 Å². The molecule has 0 amide bonds. The normalized spacial score (nSPS) is 14.9. The molecule has 1 N–H and O–H groups in total. The van der Waals surface area contributed by atoms with Crippen molar-refractivity contribution in [1.82, 2.24) is 15.7 Å². The van der Waals surface area contributed by atoms with E-state index in [-0.39, 0.29) is 0 Å². The lowest BCUT2D eigenvalue weighted by Crippen LogP contribution is -2.34. The number of pyridine rings is 1. The summed E-state index contributed by atoms with van der Waals surface area (Å²) in [6.07, 6.45) is 5.77. The second kappa shape index (κ2) is 6.97. The van der Waals surface area contributed by atoms with Crippen molar-refractivity contribution in [3.8, 4) is 0 Å². The maximum absolute atomic E-state index is 4.22. The third kappa shape index (κ3) is 3.99. The van der Waals surface area contributed by atoms with Crippen LogP contribution in [-0.4, -0.2) is 17.2 Å². The largest absolute Gasteiger partial charge is 0.298 e. The van der Waals surface area contributed by atoms with Gasteiger partial charge in [-0.25, -0.2) is 4.57 Å². The molecule has 0 radical (unpaired) electrons. The Kier molecular flexibility index (Phi) is 4.57. The lowest BCUT2D eigenvalue weighted by molar-refractivity contribution is -0.670. The Morgan fingerprint density at radius 1 is 0.958 bits per heavy atom. The molecule has 8 heteroatoms. The van der Waals surface area contributed by atoms with E-state index in [2.05, 4.69) is 26.1 Å². The number of hydrogen-bond acceptors (Lipinski definition) is 6. The van der Waals surface area contributed by atoms with E-state index in [1.807, 2.05) is 80.6 Å². The van der Waals surface area contributed by atoms with Crippen molar-refractivity contribution in [2.45, 2.75) is 6.92 Å². The fraction of sp³-hybridized carbons (Fsp3) is 0.188. The predicted molar refractivity (Wildman–Crippen MR) is 89.2 cm³/mol. The summed E-state index contributed by atoms with van der Waals surface area (Å²) in [6.45, 7) is 1.95. The van der Waals surface area contributed by atoms with Crippen molar-refractivity contribution in [3.63, 3.8) is 0 Å². The molecule has 0 fully saturated rings. The summed E-state index contributed by atoms with van der Waals surface area (Å²) in [5.41, 5.74) is 6.27. The van der Waals surface area contributed by atoms with Gasteiger partial charge in [0.15, 0.2) is 12.4 Å². The van der Waals surface area contributed by atoms with E-state index < -0.39 is 0 Å². The molecule has 0 saturated heterocycles. The molecule has 1 aliphatic heterocycles. The number of aryl methyl sites for hydroxylation is 1. The van der Waals surface area contributed by atoms with Crippen molar-refractivity contribution in [2.75, 3.05) is 7.05 Å². The van der Waals surface area contributed by atoms with Gasteiger partial charge < -0.3 is 0 Å². The van der Waals surface area contributed by atoms with Crippen molar-refractivity contribution in [1.29, 1.82) is 0 Å². The van der Waals surface area contributed by atoms with Crippen LogP contribution in [0.3, 0.4) is 0 Å². The van der Waals surface area contributed by atoms with Crippen molar-refractivity contribution < 1.29 is 4.57 Å². The highest BCUT2D eigenvalue weighted by molar-refractivity contribution is 5.47. The summed E-state index contributed by atoms with van der Waals surface area (Å²) >= 11 is 0. The van der Waals surface area contributed by atoms with Gasteiger partial charge in [-0.3, -0.25) is 5.01 Å². The van der Waals surface area contributed by atoms with Crippen molar-refractivity contribution in [3.05, 3.63) is 60.7 Å². The van der Waals surface area contributed by atoms with E-state index in [9.17, 15) is 0 Å². The van der Waals surface area contributed by atoms with Gasteiger partial charge in [-0.2, -0.15) is 10.2 Å². The van der Waals surface area contributed by atoms with Crippen LogP contribution in [0.5, 0.6) is 0 Å². The summed E-state index contributed by atoms with van der Waals surface area (Å²) in [4.78, 5) is 0. The summed E-state index contributed by atoms with van der Waals surface area (Å²) in [7, 11) is 3.84. The molecule has 0 aliphatic carbocycles. The van der Waals surface area contributed by atoms with Gasteiger partial charge in [-0.15, -0.1) is 15.8 Å². The highest BCUT2D eigenvalue weighted by atomic mass is 15.9. The maximum Gasteiger partial charge on any atom is 0.196 e. The Balaban J connectivity index is 1.64. The van der Waals surface area contributed by atoms with Gasteiger partial charge >= 0.3 is 0 Å². The fourth-order valence-electron chi connectivity index (χ4n) is 2.11. The summed E-state index contributed by atoms with van der Waals surface area (Å²) in [5.74, 6) is 0. The van der Waals surface area contributed by atoms with Crippen LogP contribution in [0.4, 0.5) is 17.1 Å². The second-order valence-corrected chi connectivity index (χ2v) is 5.43. The monoisotopic (exact) mass is 323 g/mol. The van der Waals surface area contributed by atoms with Crippen LogP contribution in [-0.2, 0) is 7.05 Å². The lowest BCUT2D eigenvalue weighted by atomic mass is 10.3. The zero-order valence-corrected chi connectivity index (χ0v) is 13.8. The average molecular weight is 323 g/mol. The van der Waals surface area contributed by atoms with Crippen LogP contribution in [0.15, 0.2) is 81.3 Å². The zero-order chi connectivity index (χ0) is 16.9. The van der Waals surface area contributed by atoms with E-state index in [1.165, 1.54) is 0 Å². The molecule has 3 rings (SSSR count). The van der Waals surface area contributed by atoms with Crippen LogP contribution in [0.2, 0.25) is 0 Å². The van der Waals surface area contributed by atoms with Gasteiger partial charge in [0.2, 0.25) is 0 Å². The summed E-state index contributed by atoms with van der Waals surface area (Å²) in [6, 6.07) is 11.2. The molecule has 2 heterocycles. The number of aromatic nitrogens is 1. The average Bonchev–Trinajstić information content (AvgIpc) is 2.90. The Bertz CT molecular complexity index is 794. The van der Waals surface area contributed by atoms with Gasteiger partial charge in [0.05, 0.1) is 17.1 Å². The molecule has 0 atom stereocenters. The molecule has 24 heavy (non-hydrogen) atoms. The highest BCUT2D eigenvalue weighted by Gasteiger charge is 2.12. The van der Waals surface area contributed by atoms with Gasteiger partial charge in [-0.1, -0.05) is 0 Å². The Hall–Kier alpha value is -3.13. The molecule has 0 spiro atoms. The molecule has 0 unspecified atom stereocenters. The first-order chi connectivity index (χ1) is 11.6. The smallest absolute Gasteiger partial charge is 0.196 e. The number of benzene rings is 1. The van der Waals surface area contributed by atoms with Crippen LogP contribution in [0, 0.1) is 0 Å². The molecular formula is C16H19N8+. The summed E-state index contributed by atoms with van der Waals surface area (Å²) in [5, 5.41) is 20.2. The molecule has 1 aliphatic rings. The molecule has 122 valence electrons. The van der Waals surface area contributed by atoms with E-state index >= 15 is 0 Å². The fourth-order valence-corrected chi connectivity index (χ4v) is 2.11. The Morgan fingerprint density at radius 3 is 2.25 bits per heavy atom. The second-order valence-electron chi connectivity index (χ2n) is 5.43. The maximum atomic E-state index is 4.22. The van der Waals surface area contributed by atoms with Crippen molar-refractivity contribution in [2.24, 2.45) is 27.6 Å². The third-order valence-electron chi connectivity index (χ3n) is 3.27. The van der Waals surface area contributed by atoms with E-state index in [0.29, 0.717) is 0 Å². The molecule has 2 aromatic rings. The van der Waals surface area contributed by atoms with Gasteiger partial charge in [0, 0.05) is 19.3 Å². The van der Waals surface area contributed by atoms with Crippen LogP contribution in [0.25, 0.3) is 0 Å². The predicted octanol–water partition coefficient (Wildman–Crippen LogP) is 3.45. The molecule has 8 nitrogen and oxygen atoms in total. The lowest BCUT2D eigenvalue weighted by Gasteiger charge is -2.14. The van der Waals surface area contributed by atoms with Crippen molar-refractivity contribution >= 4 is 17.1 Å². The minimum atomic E-state index is 0.740. The molecular weight excluding hydrogens is 304 g/mol. The Morgan fingerprint density at radius 2 is 1.62 bits per heavy atom. The van der Waals surface area contributed by atoms with E-state index in [4.69, 9.17) is 0 Å². The number of nitrogens with one attached hydrogen (secondary N) is 1. The first-order valence-corrected chi connectivity index (χ1v) is 7.46. The van der Waals surface area contributed by atoms with E-state index in [0.717, 1.165) is 22.8 Å². The first kappa shape index (κ1) is 15.8. The minimum Gasteiger partial charge on any atom is -0.298 e. The number of hydrazine groups is 2. The standard InChI is InChI=1S/C16H19N8/c1-13-11-23(3)21-24(13)20-19-15-8-6-14(7-9-15)17-18-16-5-4-10-22(2)12-16/h4-12,21H,1-3H3/q+1. The molecule has 1 aromatic heterocycles. The molecule has 0 saturated carbocycles. The number of azo groups is 1. The molecule has 0 bridgehead atoms. The van der Waals surface area contributed by atoms with Crippen LogP contribution in [0.1, 0.15) is 6.92 Å². The third-order valence-corrected chi connectivity index (χ3v) is 3.27. The first-order valence-electron chi connectivity index (χ1n) is 7.46. The molecule has 1 aromatic carbocycles. The minimum absolute atomic E-state index is 0.740. The summed E-state index contributed by atoms with van der Waals surface area (Å²) < 4.78 is 1.93. The quantitative estimate of drug-likeness (QED) is 0.692. The highest BCUT2D eigenvalue weighted by Crippen LogP contribution is 2.22. The van der Waals surface area contributed by atoms with Crippen LogP contribution >= 0.6 is 0 Å². The van der Waals surface area contributed by atoms with Gasteiger partial charge in [-0.05, 0) is 42.5 Å². The topological polar surface area (TPSA) is 71.8 Å². The zero-order valence-electron chi connectivity index (χ0n) is 13.8. The number of nitrogens with zero attached hydrogens (tertiary/aromatic N) is 7. The van der Waals surface area contributed by atoms with Crippen LogP contribution < -0.4 is 10.1 Å². The van der Waals surface area contributed by atoms with Gasteiger partial charge in [0.1, 0.15) is 12.7 Å². The number of allylic oxidation sites excluding steroid dienone is 1. The Labute approximate surface area is 140 Å². The van der Waals surface area contributed by atoms with E-state index in [1.54, 1.807) is 10.1 Å². The number of rotatable bonds is 4. The number of hydrogen-bond donors (Lipinski definition) is 1. The SMILES string of the molecule is CC1=CN(C)NN1N=Nc1ccc(N=Nc2ccc[n+](C)c2)cc1.